The molecule has 5 aromatic rings. The van der Waals surface area contributed by atoms with Gasteiger partial charge in [-0.25, -0.2) is 14.4 Å². The number of nitrogens with zero attached hydrogens (tertiary/aromatic N) is 2. The molecule has 0 bridgehead atoms. The molecule has 2 heterocycles. The molecule has 40 heavy (non-hydrogen) atoms. The van der Waals surface area contributed by atoms with E-state index in [2.05, 4.69) is 20.6 Å². The highest BCUT2D eigenvalue weighted by Gasteiger charge is 2.11. The Kier molecular flexibility index (Phi) is 8.40. The number of benzene rings is 3. The first-order valence-electron chi connectivity index (χ1n) is 12.3. The maximum absolute atomic E-state index is 13.4. The third-order valence-electron chi connectivity index (χ3n) is 6.02. The third kappa shape index (κ3) is 6.66. The van der Waals surface area contributed by atoms with Crippen molar-refractivity contribution in [1.82, 2.24) is 15.3 Å². The monoisotopic (exact) mass is 578 g/mol. The Bertz CT molecular complexity index is 1820. The Morgan fingerprint density at radius 1 is 1.05 bits per heavy atom. The minimum atomic E-state index is -2.20. The summed E-state index contributed by atoms with van der Waals surface area (Å²) in [7, 11) is -2.20. The lowest BCUT2D eigenvalue weighted by atomic mass is 10.1. The normalized spacial score (nSPS) is 11.0. The van der Waals surface area contributed by atoms with E-state index in [4.69, 9.17) is 20.8 Å². The predicted molar refractivity (Wildman–Crippen MR) is 154 cm³/mol. The second-order valence-corrected chi connectivity index (χ2v) is 10.5. The molecule has 3 aromatic carbocycles. The molecule has 0 saturated carbocycles. The van der Waals surface area contributed by atoms with Crippen LogP contribution in [0.5, 0.6) is 5.75 Å². The SMILES string of the molecule is CC(CNCc1ccc(-c2ccc3ncnc(Nc4ccc(OCc5cccc(F)c5)c(Cl)c4)c3c2)o1)=S(=O)=O. The third-order valence-corrected chi connectivity index (χ3v) is 7.03. The summed E-state index contributed by atoms with van der Waals surface area (Å²) in [6, 6.07) is 20.9. The van der Waals surface area contributed by atoms with Crippen LogP contribution in [-0.2, 0) is 23.4 Å². The molecule has 0 radical (unpaired) electrons. The van der Waals surface area contributed by atoms with Crippen molar-refractivity contribution in [1.29, 1.82) is 0 Å². The summed E-state index contributed by atoms with van der Waals surface area (Å²) in [5.74, 6) is 2.07. The molecule has 5 rings (SSSR count). The van der Waals surface area contributed by atoms with Gasteiger partial charge in [-0.05, 0) is 73.2 Å². The maximum Gasteiger partial charge on any atom is 0.214 e. The minimum absolute atomic E-state index is 0.188. The van der Waals surface area contributed by atoms with Crippen LogP contribution in [0.2, 0.25) is 5.02 Å². The number of halogens is 2. The van der Waals surface area contributed by atoms with E-state index in [9.17, 15) is 12.8 Å². The van der Waals surface area contributed by atoms with Crippen LogP contribution in [0.3, 0.4) is 0 Å². The number of ether oxygens (including phenoxy) is 1. The summed E-state index contributed by atoms with van der Waals surface area (Å²) >= 11 is 6.47. The highest BCUT2D eigenvalue weighted by Crippen LogP contribution is 2.32. The smallest absolute Gasteiger partial charge is 0.214 e. The molecule has 0 saturated heterocycles. The first-order chi connectivity index (χ1) is 19.4. The van der Waals surface area contributed by atoms with E-state index in [1.54, 1.807) is 31.2 Å². The molecule has 0 aliphatic carbocycles. The van der Waals surface area contributed by atoms with Crippen molar-refractivity contribution < 1.29 is 22.0 Å². The van der Waals surface area contributed by atoms with E-state index in [-0.39, 0.29) is 19.0 Å². The number of fused-ring (bicyclic) bond motifs is 1. The van der Waals surface area contributed by atoms with Gasteiger partial charge in [-0.1, -0.05) is 23.7 Å². The van der Waals surface area contributed by atoms with Crippen molar-refractivity contribution in [3.8, 4) is 17.1 Å². The van der Waals surface area contributed by atoms with E-state index in [1.807, 2.05) is 36.4 Å². The van der Waals surface area contributed by atoms with Gasteiger partial charge in [0.2, 0.25) is 10.3 Å². The number of nitrogens with one attached hydrogen (secondary N) is 2. The second-order valence-electron chi connectivity index (χ2n) is 8.95. The predicted octanol–water partition coefficient (Wildman–Crippen LogP) is 6.17. The largest absolute Gasteiger partial charge is 0.487 e. The van der Waals surface area contributed by atoms with E-state index in [0.29, 0.717) is 50.8 Å². The number of rotatable bonds is 10. The first-order valence-corrected chi connectivity index (χ1v) is 13.7. The fourth-order valence-corrected chi connectivity index (χ4v) is 4.43. The van der Waals surface area contributed by atoms with Gasteiger partial charge in [0.25, 0.3) is 0 Å². The van der Waals surface area contributed by atoms with E-state index in [0.717, 1.165) is 16.5 Å². The van der Waals surface area contributed by atoms with E-state index < -0.39 is 10.3 Å². The molecule has 2 aromatic heterocycles. The number of hydrogen-bond acceptors (Lipinski definition) is 8. The molecule has 0 aliphatic heterocycles. The Labute approximate surface area is 236 Å². The fraction of sp³-hybridized carbons (Fsp3) is 0.138. The summed E-state index contributed by atoms with van der Waals surface area (Å²) in [5.41, 5.74) is 2.98. The zero-order valence-corrected chi connectivity index (χ0v) is 22.9. The zero-order chi connectivity index (χ0) is 28.1. The fourth-order valence-electron chi connectivity index (χ4n) is 3.98. The topological polar surface area (TPSA) is 106 Å². The van der Waals surface area contributed by atoms with Gasteiger partial charge in [-0.3, -0.25) is 0 Å². The van der Waals surface area contributed by atoms with Gasteiger partial charge in [-0.2, -0.15) is 8.42 Å². The number of anilines is 2. The van der Waals surface area contributed by atoms with Crippen LogP contribution < -0.4 is 15.4 Å². The van der Waals surface area contributed by atoms with Gasteiger partial charge in [0, 0.05) is 23.2 Å². The van der Waals surface area contributed by atoms with Gasteiger partial charge in [0.1, 0.15) is 41.8 Å². The molecule has 0 unspecified atom stereocenters. The minimum Gasteiger partial charge on any atom is -0.487 e. The standard InChI is InChI=1S/C29H24ClFN4O4S/c1-18(40(36)37)14-32-15-23-7-10-27(39-23)20-5-8-26-24(12-20)29(34-17-33-26)35-22-6-9-28(25(30)13-22)38-16-19-3-2-4-21(31)11-19/h2-13,17,32H,14-16H2,1H3,(H,33,34,35). The van der Waals surface area contributed by atoms with E-state index >= 15 is 0 Å². The molecule has 8 nitrogen and oxygen atoms in total. The molecule has 0 spiro atoms. The van der Waals surface area contributed by atoms with Crippen LogP contribution in [0.25, 0.3) is 22.2 Å². The number of hydrogen-bond donors (Lipinski definition) is 2. The second kappa shape index (κ2) is 12.3. The van der Waals surface area contributed by atoms with Crippen LogP contribution in [-0.4, -0.2) is 29.8 Å². The van der Waals surface area contributed by atoms with E-state index in [1.165, 1.54) is 18.5 Å². The van der Waals surface area contributed by atoms with Crippen molar-refractivity contribution in [2.45, 2.75) is 20.1 Å². The number of aromatic nitrogens is 2. The lowest BCUT2D eigenvalue weighted by molar-refractivity contribution is 0.306. The molecule has 2 N–H and O–H groups in total. The quantitative estimate of drug-likeness (QED) is 0.190. The molecule has 11 heteroatoms. The van der Waals surface area contributed by atoms with Gasteiger partial charge in [0.15, 0.2) is 0 Å². The van der Waals surface area contributed by atoms with Crippen LogP contribution in [0.15, 0.2) is 83.5 Å². The van der Waals surface area contributed by atoms with Crippen molar-refractivity contribution in [3.05, 3.63) is 101 Å². The molecule has 0 aliphatic rings. The Balaban J connectivity index is 1.31. The average molecular weight is 579 g/mol. The molecule has 0 fully saturated rings. The Morgan fingerprint density at radius 3 is 2.73 bits per heavy atom. The zero-order valence-electron chi connectivity index (χ0n) is 21.3. The summed E-state index contributed by atoms with van der Waals surface area (Å²) in [6.45, 7) is 2.38. The summed E-state index contributed by atoms with van der Waals surface area (Å²) in [5, 5.41) is 7.52. The highest BCUT2D eigenvalue weighted by molar-refractivity contribution is 7.73. The van der Waals surface area contributed by atoms with Gasteiger partial charge < -0.3 is 19.8 Å². The van der Waals surface area contributed by atoms with Gasteiger partial charge in [-0.15, -0.1) is 0 Å². The van der Waals surface area contributed by atoms with Gasteiger partial charge >= 0.3 is 0 Å². The molecular formula is C29H24ClFN4O4S. The molecular weight excluding hydrogens is 555 g/mol. The van der Waals surface area contributed by atoms with Crippen molar-refractivity contribution >= 4 is 49.2 Å². The van der Waals surface area contributed by atoms with Crippen LogP contribution >= 0.6 is 11.6 Å². The van der Waals surface area contributed by atoms with Crippen LogP contribution in [0, 0.1) is 5.82 Å². The lowest BCUT2D eigenvalue weighted by Crippen LogP contribution is -2.20. The van der Waals surface area contributed by atoms with Crippen molar-refractivity contribution in [2.24, 2.45) is 0 Å². The van der Waals surface area contributed by atoms with Gasteiger partial charge in [0.05, 0.1) is 21.9 Å². The Morgan fingerprint density at radius 2 is 1.93 bits per heavy atom. The molecule has 0 amide bonds. The Hall–Kier alpha value is -4.25. The van der Waals surface area contributed by atoms with Crippen molar-refractivity contribution in [2.75, 3.05) is 11.9 Å². The summed E-state index contributed by atoms with van der Waals surface area (Å²) in [6.07, 6.45) is 1.48. The number of furan rings is 1. The van der Waals surface area contributed by atoms with Crippen molar-refractivity contribution in [3.63, 3.8) is 0 Å². The molecule has 204 valence electrons. The van der Waals surface area contributed by atoms with Crippen LogP contribution in [0.4, 0.5) is 15.9 Å². The first kappa shape index (κ1) is 27.3. The highest BCUT2D eigenvalue weighted by atomic mass is 35.5. The maximum atomic E-state index is 13.4. The summed E-state index contributed by atoms with van der Waals surface area (Å²) < 4.78 is 47.1. The summed E-state index contributed by atoms with van der Waals surface area (Å²) in [4.78, 5) is 9.12. The molecule has 0 atom stereocenters. The lowest BCUT2D eigenvalue weighted by Gasteiger charge is -2.12. The average Bonchev–Trinajstić information content (AvgIpc) is 3.41. The van der Waals surface area contributed by atoms with Crippen LogP contribution in [0.1, 0.15) is 18.2 Å².